The van der Waals surface area contributed by atoms with E-state index in [1.807, 2.05) is 0 Å². The maximum Gasteiger partial charge on any atom is 0.263 e. The lowest BCUT2D eigenvalue weighted by molar-refractivity contribution is 0.0962. The van der Waals surface area contributed by atoms with E-state index >= 15 is 0 Å². The molecule has 0 aromatic carbocycles. The molecule has 1 aromatic heterocycles. The maximum atomic E-state index is 12.0. The minimum Gasteiger partial charge on any atom is -0.492 e. The molecule has 0 spiro atoms. The highest BCUT2D eigenvalue weighted by Crippen LogP contribution is 2.42. The monoisotopic (exact) mass is 311 g/mol. The van der Waals surface area contributed by atoms with E-state index in [4.69, 9.17) is 10.5 Å². The van der Waals surface area contributed by atoms with Crippen LogP contribution in [0.15, 0.2) is 12.7 Å². The van der Waals surface area contributed by atoms with Crippen molar-refractivity contribution in [2.24, 2.45) is 5.92 Å². The first-order valence-corrected chi connectivity index (χ1v) is 7.92. The molecule has 0 radical (unpaired) electrons. The van der Waals surface area contributed by atoms with Gasteiger partial charge >= 0.3 is 0 Å². The Morgan fingerprint density at radius 1 is 1.52 bits per heavy atom. The van der Waals surface area contributed by atoms with Gasteiger partial charge in [0, 0.05) is 13.1 Å². The zero-order valence-corrected chi connectivity index (χ0v) is 13.8. The van der Waals surface area contributed by atoms with Crippen molar-refractivity contribution >= 4 is 27.9 Å². The molecule has 0 fully saturated rings. The molecule has 6 heteroatoms. The second kappa shape index (κ2) is 8.56. The van der Waals surface area contributed by atoms with Gasteiger partial charge in [0.05, 0.1) is 7.11 Å². The summed E-state index contributed by atoms with van der Waals surface area (Å²) >= 11 is 1.32. The predicted molar refractivity (Wildman–Crippen MR) is 90.4 cm³/mol. The summed E-state index contributed by atoms with van der Waals surface area (Å²) < 4.78 is 5.31. The van der Waals surface area contributed by atoms with Crippen molar-refractivity contribution in [3.63, 3.8) is 0 Å². The standard InChI is InChI=1S/C15H25N3O2S/c1-5-8-17-14(19)13-11(16)12(20-4)15(21-13)18-9-6-7-10(2)3/h5,10,18H,1,6-9,16H2,2-4H3,(H,17,19). The second-order valence-electron chi connectivity index (χ2n) is 5.17. The number of hydrogen-bond donors (Lipinski definition) is 3. The van der Waals surface area contributed by atoms with Crippen LogP contribution in [0, 0.1) is 5.92 Å². The van der Waals surface area contributed by atoms with Crippen LogP contribution in [0.3, 0.4) is 0 Å². The van der Waals surface area contributed by atoms with E-state index in [9.17, 15) is 4.79 Å². The number of carbonyl (C=O) groups excluding carboxylic acids is 1. The van der Waals surface area contributed by atoms with Crippen LogP contribution in [0.2, 0.25) is 0 Å². The van der Waals surface area contributed by atoms with Crippen molar-refractivity contribution in [1.82, 2.24) is 5.32 Å². The normalized spacial score (nSPS) is 10.5. The number of carbonyl (C=O) groups is 1. The van der Waals surface area contributed by atoms with Crippen LogP contribution in [0.5, 0.6) is 5.75 Å². The molecular formula is C15H25N3O2S. The molecule has 0 aliphatic carbocycles. The molecule has 0 saturated heterocycles. The van der Waals surface area contributed by atoms with Crippen molar-refractivity contribution < 1.29 is 9.53 Å². The molecule has 0 bridgehead atoms. The van der Waals surface area contributed by atoms with E-state index in [1.165, 1.54) is 11.3 Å². The van der Waals surface area contributed by atoms with Gasteiger partial charge in [0.2, 0.25) is 0 Å². The van der Waals surface area contributed by atoms with Gasteiger partial charge in [-0.25, -0.2) is 0 Å². The van der Waals surface area contributed by atoms with Crippen molar-refractivity contribution in [2.45, 2.75) is 26.7 Å². The summed E-state index contributed by atoms with van der Waals surface area (Å²) in [5.74, 6) is 1.03. The van der Waals surface area contributed by atoms with Gasteiger partial charge in [-0.15, -0.1) is 17.9 Å². The van der Waals surface area contributed by atoms with Crippen LogP contribution in [0.1, 0.15) is 36.4 Å². The number of methoxy groups -OCH3 is 1. The van der Waals surface area contributed by atoms with Gasteiger partial charge in [-0.3, -0.25) is 4.79 Å². The van der Waals surface area contributed by atoms with E-state index in [2.05, 4.69) is 31.1 Å². The summed E-state index contributed by atoms with van der Waals surface area (Å²) in [6.45, 7) is 9.22. The van der Waals surface area contributed by atoms with E-state index in [-0.39, 0.29) is 5.91 Å². The lowest BCUT2D eigenvalue weighted by atomic mass is 10.1. The van der Waals surface area contributed by atoms with Crippen LogP contribution in [-0.4, -0.2) is 26.1 Å². The second-order valence-corrected chi connectivity index (χ2v) is 6.19. The van der Waals surface area contributed by atoms with E-state index < -0.39 is 0 Å². The fourth-order valence-corrected chi connectivity index (χ4v) is 2.91. The summed E-state index contributed by atoms with van der Waals surface area (Å²) in [6.07, 6.45) is 3.85. The largest absolute Gasteiger partial charge is 0.492 e. The summed E-state index contributed by atoms with van der Waals surface area (Å²) in [7, 11) is 1.56. The Kier molecular flexibility index (Phi) is 7.08. The third-order valence-electron chi connectivity index (χ3n) is 2.96. The third-order valence-corrected chi connectivity index (χ3v) is 4.10. The molecule has 1 heterocycles. The van der Waals surface area contributed by atoms with Gasteiger partial charge in [0.25, 0.3) is 5.91 Å². The Bertz CT molecular complexity index is 484. The maximum absolute atomic E-state index is 12.0. The molecule has 1 amide bonds. The average molecular weight is 311 g/mol. The Balaban J connectivity index is 2.75. The summed E-state index contributed by atoms with van der Waals surface area (Å²) in [5.41, 5.74) is 6.38. The van der Waals surface area contributed by atoms with Crippen LogP contribution in [-0.2, 0) is 0 Å². The topological polar surface area (TPSA) is 76.4 Å². The van der Waals surface area contributed by atoms with Crippen molar-refractivity contribution in [3.05, 3.63) is 17.5 Å². The van der Waals surface area contributed by atoms with Gasteiger partial charge in [-0.1, -0.05) is 19.9 Å². The lowest BCUT2D eigenvalue weighted by Crippen LogP contribution is -2.23. The number of nitrogens with two attached hydrogens (primary N) is 1. The smallest absolute Gasteiger partial charge is 0.263 e. The van der Waals surface area contributed by atoms with E-state index in [1.54, 1.807) is 13.2 Å². The molecule has 21 heavy (non-hydrogen) atoms. The molecule has 0 atom stereocenters. The SMILES string of the molecule is C=CCNC(=O)c1sc(NCCCC(C)C)c(OC)c1N. The molecular weight excluding hydrogens is 286 g/mol. The molecule has 4 N–H and O–H groups in total. The molecule has 0 aliphatic rings. The van der Waals surface area contributed by atoms with Gasteiger partial charge in [-0.2, -0.15) is 0 Å². The highest BCUT2D eigenvalue weighted by Gasteiger charge is 2.21. The molecule has 1 rings (SSSR count). The Morgan fingerprint density at radius 3 is 2.81 bits per heavy atom. The van der Waals surface area contributed by atoms with Crippen molar-refractivity contribution in [3.8, 4) is 5.75 Å². The zero-order valence-electron chi connectivity index (χ0n) is 13.0. The summed E-state index contributed by atoms with van der Waals surface area (Å²) in [4.78, 5) is 12.5. The lowest BCUT2D eigenvalue weighted by Gasteiger charge is -2.08. The molecule has 118 valence electrons. The minimum atomic E-state index is -0.203. The highest BCUT2D eigenvalue weighted by molar-refractivity contribution is 7.19. The van der Waals surface area contributed by atoms with Gasteiger partial charge in [0.1, 0.15) is 15.6 Å². The number of amides is 1. The average Bonchev–Trinajstić information content (AvgIpc) is 2.77. The van der Waals surface area contributed by atoms with Crippen LogP contribution < -0.4 is 21.1 Å². The summed E-state index contributed by atoms with van der Waals surface area (Å²) in [5, 5.41) is 6.84. The highest BCUT2D eigenvalue weighted by atomic mass is 32.1. The Hall–Kier alpha value is -1.69. The fraction of sp³-hybridized carbons (Fsp3) is 0.533. The number of nitrogen functional groups attached to an aromatic ring is 1. The number of hydrogen-bond acceptors (Lipinski definition) is 5. The number of ether oxygens (including phenoxy) is 1. The van der Waals surface area contributed by atoms with Crippen molar-refractivity contribution in [1.29, 1.82) is 0 Å². The first-order chi connectivity index (χ1) is 10.0. The third kappa shape index (κ3) is 4.97. The Labute approximate surface area is 130 Å². The number of anilines is 2. The first kappa shape index (κ1) is 17.4. The van der Waals surface area contributed by atoms with Crippen LogP contribution >= 0.6 is 11.3 Å². The van der Waals surface area contributed by atoms with Crippen molar-refractivity contribution in [2.75, 3.05) is 31.2 Å². The minimum absolute atomic E-state index is 0.203. The molecule has 0 unspecified atom stereocenters. The number of rotatable bonds is 9. The van der Waals surface area contributed by atoms with E-state index in [0.29, 0.717) is 28.8 Å². The number of nitrogens with one attached hydrogen (secondary N) is 2. The molecule has 5 nitrogen and oxygen atoms in total. The quantitative estimate of drug-likeness (QED) is 0.484. The van der Waals surface area contributed by atoms with Gasteiger partial charge in [0.15, 0.2) is 5.75 Å². The fourth-order valence-electron chi connectivity index (χ4n) is 1.87. The molecule has 0 aliphatic heterocycles. The van der Waals surface area contributed by atoms with Gasteiger partial charge in [-0.05, 0) is 18.8 Å². The molecule has 0 saturated carbocycles. The van der Waals surface area contributed by atoms with E-state index in [0.717, 1.165) is 24.4 Å². The zero-order chi connectivity index (χ0) is 15.8. The van der Waals surface area contributed by atoms with Crippen LogP contribution in [0.4, 0.5) is 10.7 Å². The summed E-state index contributed by atoms with van der Waals surface area (Å²) in [6, 6.07) is 0. The number of thiophene rings is 1. The molecule has 1 aromatic rings. The Morgan fingerprint density at radius 2 is 2.24 bits per heavy atom. The predicted octanol–water partition coefficient (Wildman–Crippen LogP) is 3.10. The van der Waals surface area contributed by atoms with Crippen LogP contribution in [0.25, 0.3) is 0 Å². The van der Waals surface area contributed by atoms with Gasteiger partial charge < -0.3 is 21.1 Å². The first-order valence-electron chi connectivity index (χ1n) is 7.10.